The van der Waals surface area contributed by atoms with Gasteiger partial charge < -0.3 is 16.4 Å². The number of nitrogens with one attached hydrogen (secondary N) is 2. The summed E-state index contributed by atoms with van der Waals surface area (Å²) >= 11 is 0. The van der Waals surface area contributed by atoms with Gasteiger partial charge in [-0.15, -0.1) is 0 Å². The molecule has 7 heteroatoms. The Bertz CT molecular complexity index is 857. The summed E-state index contributed by atoms with van der Waals surface area (Å²) in [5, 5.41) is 9.44. The maximum atomic E-state index is 12.6. The topological polar surface area (TPSA) is 102 Å². The molecule has 3 aromatic rings. The maximum Gasteiger partial charge on any atom is 0.316 e. The summed E-state index contributed by atoms with van der Waals surface area (Å²) in [5.74, 6) is -0.253. The zero-order chi connectivity index (χ0) is 16.9. The van der Waals surface area contributed by atoms with E-state index in [4.69, 9.17) is 5.73 Å². The number of primary amides is 1. The fraction of sp³-hybridized carbons (Fsp3) is 0. The Morgan fingerprint density at radius 2 is 1.58 bits per heavy atom. The zero-order valence-corrected chi connectivity index (χ0v) is 12.6. The van der Waals surface area contributed by atoms with Crippen molar-refractivity contribution in [2.45, 2.75) is 0 Å². The van der Waals surface area contributed by atoms with Crippen LogP contribution < -0.4 is 16.4 Å². The molecule has 0 aliphatic heterocycles. The number of hydrogen-bond acceptors (Lipinski definition) is 3. The van der Waals surface area contributed by atoms with Crippen LogP contribution in [-0.2, 0) is 0 Å². The van der Waals surface area contributed by atoms with Crippen molar-refractivity contribution in [2.75, 3.05) is 10.6 Å². The van der Waals surface area contributed by atoms with Crippen LogP contribution in [-0.4, -0.2) is 21.7 Å². The highest BCUT2D eigenvalue weighted by molar-refractivity contribution is 6.06. The molecule has 1 aromatic heterocycles. The minimum atomic E-state index is -0.639. The van der Waals surface area contributed by atoms with E-state index in [1.54, 1.807) is 59.5 Å². The molecule has 0 saturated carbocycles. The summed E-state index contributed by atoms with van der Waals surface area (Å²) in [6, 6.07) is 15.0. The van der Waals surface area contributed by atoms with E-state index in [-0.39, 0.29) is 5.91 Å². The predicted octanol–water partition coefficient (Wildman–Crippen LogP) is 2.62. The third-order valence-corrected chi connectivity index (χ3v) is 3.31. The van der Waals surface area contributed by atoms with E-state index in [0.29, 0.717) is 22.6 Å². The lowest BCUT2D eigenvalue weighted by molar-refractivity contribution is 0.102. The van der Waals surface area contributed by atoms with Gasteiger partial charge in [-0.25, -0.2) is 9.48 Å². The van der Waals surface area contributed by atoms with Crippen LogP contribution in [0.25, 0.3) is 5.69 Å². The summed E-state index contributed by atoms with van der Waals surface area (Å²) in [6.07, 6.45) is 3.43. The summed E-state index contributed by atoms with van der Waals surface area (Å²) < 4.78 is 1.63. The molecule has 0 aliphatic carbocycles. The fourth-order valence-corrected chi connectivity index (χ4v) is 2.25. The number of aromatic nitrogens is 2. The molecule has 1 heterocycles. The number of rotatable bonds is 4. The second-order valence-electron chi connectivity index (χ2n) is 4.99. The van der Waals surface area contributed by atoms with Crippen LogP contribution in [0.4, 0.5) is 16.2 Å². The first kappa shape index (κ1) is 15.3. The van der Waals surface area contributed by atoms with Crippen LogP contribution in [0.5, 0.6) is 0 Å². The number of benzene rings is 2. The molecule has 120 valence electrons. The number of amides is 3. The highest BCUT2D eigenvalue weighted by Crippen LogP contribution is 2.18. The van der Waals surface area contributed by atoms with Gasteiger partial charge in [0, 0.05) is 23.8 Å². The van der Waals surface area contributed by atoms with Crippen LogP contribution in [0.15, 0.2) is 67.0 Å². The van der Waals surface area contributed by atoms with E-state index in [0.717, 1.165) is 0 Å². The number of urea groups is 1. The van der Waals surface area contributed by atoms with Crippen LogP contribution in [0.1, 0.15) is 10.4 Å². The summed E-state index contributed by atoms with van der Waals surface area (Å²) in [5.41, 5.74) is 7.40. The van der Waals surface area contributed by atoms with Crippen LogP contribution in [0, 0.1) is 0 Å². The van der Waals surface area contributed by atoms with Crippen molar-refractivity contribution in [1.82, 2.24) is 9.78 Å². The van der Waals surface area contributed by atoms with Crippen molar-refractivity contribution in [3.8, 4) is 5.69 Å². The molecule has 0 spiro atoms. The number of para-hydroxylation sites is 1. The molecule has 0 unspecified atom stereocenters. The molecule has 0 atom stereocenters. The highest BCUT2D eigenvalue weighted by atomic mass is 16.2. The van der Waals surface area contributed by atoms with Crippen molar-refractivity contribution < 1.29 is 9.59 Å². The van der Waals surface area contributed by atoms with Crippen molar-refractivity contribution in [2.24, 2.45) is 5.73 Å². The van der Waals surface area contributed by atoms with Gasteiger partial charge in [-0.3, -0.25) is 4.79 Å². The minimum Gasteiger partial charge on any atom is -0.351 e. The molecule has 4 N–H and O–H groups in total. The van der Waals surface area contributed by atoms with Gasteiger partial charge in [-0.05, 0) is 42.5 Å². The first-order valence-corrected chi connectivity index (χ1v) is 7.20. The largest absolute Gasteiger partial charge is 0.351 e. The Hall–Kier alpha value is -3.61. The lowest BCUT2D eigenvalue weighted by Crippen LogP contribution is -2.19. The summed E-state index contributed by atoms with van der Waals surface area (Å²) in [7, 11) is 0. The van der Waals surface area contributed by atoms with Crippen LogP contribution in [0.3, 0.4) is 0 Å². The second-order valence-corrected chi connectivity index (χ2v) is 4.99. The Morgan fingerprint density at radius 1 is 0.917 bits per heavy atom. The van der Waals surface area contributed by atoms with E-state index in [9.17, 15) is 9.59 Å². The molecule has 24 heavy (non-hydrogen) atoms. The SMILES string of the molecule is NC(=O)Nc1ccc(NC(=O)c2ccccc2-n2cccn2)cc1. The lowest BCUT2D eigenvalue weighted by atomic mass is 10.1. The number of hydrogen-bond donors (Lipinski definition) is 3. The molecular weight excluding hydrogens is 306 g/mol. The van der Waals surface area contributed by atoms with E-state index in [1.807, 2.05) is 12.1 Å². The Balaban J connectivity index is 1.80. The van der Waals surface area contributed by atoms with E-state index in [1.165, 1.54) is 0 Å². The smallest absolute Gasteiger partial charge is 0.316 e. The number of carbonyl (C=O) groups excluding carboxylic acids is 2. The van der Waals surface area contributed by atoms with Gasteiger partial charge in [0.05, 0.1) is 11.3 Å². The molecule has 0 aliphatic rings. The number of nitrogens with two attached hydrogens (primary N) is 1. The van der Waals surface area contributed by atoms with Gasteiger partial charge in [0.25, 0.3) is 5.91 Å². The molecule has 3 rings (SSSR count). The van der Waals surface area contributed by atoms with Gasteiger partial charge in [-0.1, -0.05) is 12.1 Å². The van der Waals surface area contributed by atoms with Crippen LogP contribution >= 0.6 is 0 Å². The molecule has 3 amide bonds. The number of anilines is 2. The van der Waals surface area contributed by atoms with Gasteiger partial charge >= 0.3 is 6.03 Å². The average Bonchev–Trinajstić information content (AvgIpc) is 3.10. The Kier molecular flexibility index (Phi) is 4.24. The number of nitrogens with zero attached hydrogens (tertiary/aromatic N) is 2. The molecule has 0 radical (unpaired) electrons. The van der Waals surface area contributed by atoms with Gasteiger partial charge in [0.2, 0.25) is 0 Å². The Morgan fingerprint density at radius 3 is 2.21 bits per heavy atom. The van der Waals surface area contributed by atoms with Gasteiger partial charge in [-0.2, -0.15) is 5.10 Å². The molecule has 0 saturated heterocycles. The standard InChI is InChI=1S/C17H15N5O2/c18-17(24)21-13-8-6-12(7-9-13)20-16(23)14-4-1-2-5-15(14)22-11-3-10-19-22/h1-11H,(H,20,23)(H3,18,21,24). The summed E-state index contributed by atoms with van der Waals surface area (Å²) in [6.45, 7) is 0. The monoisotopic (exact) mass is 321 g/mol. The zero-order valence-electron chi connectivity index (χ0n) is 12.6. The molecule has 0 bridgehead atoms. The normalized spacial score (nSPS) is 10.2. The first-order chi connectivity index (χ1) is 11.6. The third kappa shape index (κ3) is 3.41. The van der Waals surface area contributed by atoms with E-state index < -0.39 is 6.03 Å². The van der Waals surface area contributed by atoms with Gasteiger partial charge in [0.15, 0.2) is 0 Å². The quantitative estimate of drug-likeness (QED) is 0.688. The van der Waals surface area contributed by atoms with E-state index in [2.05, 4.69) is 15.7 Å². The van der Waals surface area contributed by atoms with Crippen molar-refractivity contribution >= 4 is 23.3 Å². The van der Waals surface area contributed by atoms with Crippen LogP contribution in [0.2, 0.25) is 0 Å². The minimum absolute atomic E-state index is 0.253. The van der Waals surface area contributed by atoms with Gasteiger partial charge in [0.1, 0.15) is 0 Å². The lowest BCUT2D eigenvalue weighted by Gasteiger charge is -2.10. The molecule has 7 nitrogen and oxygen atoms in total. The predicted molar refractivity (Wildman–Crippen MR) is 91.2 cm³/mol. The summed E-state index contributed by atoms with van der Waals surface area (Å²) in [4.78, 5) is 23.4. The molecule has 0 fully saturated rings. The average molecular weight is 321 g/mol. The maximum absolute atomic E-state index is 12.6. The molecular formula is C17H15N5O2. The fourth-order valence-electron chi connectivity index (χ4n) is 2.25. The third-order valence-electron chi connectivity index (χ3n) is 3.31. The number of carbonyl (C=O) groups is 2. The van der Waals surface area contributed by atoms with Crippen molar-refractivity contribution in [1.29, 1.82) is 0 Å². The highest BCUT2D eigenvalue weighted by Gasteiger charge is 2.12. The molecule has 2 aromatic carbocycles. The van der Waals surface area contributed by atoms with E-state index >= 15 is 0 Å². The second kappa shape index (κ2) is 6.66. The first-order valence-electron chi connectivity index (χ1n) is 7.20. The van der Waals surface area contributed by atoms with Crippen molar-refractivity contribution in [3.05, 3.63) is 72.6 Å². The Labute approximate surface area is 138 Å². The van der Waals surface area contributed by atoms with Crippen molar-refractivity contribution in [3.63, 3.8) is 0 Å².